The zero-order chi connectivity index (χ0) is 25.0. The lowest BCUT2D eigenvalue weighted by Gasteiger charge is -2.32. The van der Waals surface area contributed by atoms with Gasteiger partial charge in [-0.05, 0) is 62.6 Å². The number of hydrogen-bond donors (Lipinski definition) is 0. The summed E-state index contributed by atoms with van der Waals surface area (Å²) in [5.41, 5.74) is 2.95. The summed E-state index contributed by atoms with van der Waals surface area (Å²) in [4.78, 5) is 17.5. The van der Waals surface area contributed by atoms with Crippen molar-refractivity contribution >= 4 is 15.9 Å². The molecule has 1 atom stereocenters. The average molecular weight is 494 g/mol. The number of hydrogen-bond acceptors (Lipinski definition) is 4. The van der Waals surface area contributed by atoms with E-state index in [1.54, 1.807) is 12.1 Å². The van der Waals surface area contributed by atoms with Crippen molar-refractivity contribution in [2.24, 2.45) is 4.99 Å². The van der Waals surface area contributed by atoms with Crippen molar-refractivity contribution < 1.29 is 17.9 Å². The maximum absolute atomic E-state index is 13.5. The van der Waals surface area contributed by atoms with Crippen LogP contribution in [0, 0.1) is 6.92 Å². The van der Waals surface area contributed by atoms with Gasteiger partial charge >= 0.3 is 0 Å². The number of nitrogens with zero attached hydrogens (tertiary/aromatic N) is 3. The molecule has 4 rings (SSSR count). The Hall–Kier alpha value is -3.23. The van der Waals surface area contributed by atoms with Crippen LogP contribution in [0.15, 0.2) is 76.7 Å². The van der Waals surface area contributed by atoms with Crippen molar-refractivity contribution in [3.8, 4) is 5.75 Å². The number of sulfonamides is 1. The van der Waals surface area contributed by atoms with Crippen LogP contribution in [-0.4, -0.2) is 42.9 Å². The molecule has 1 aliphatic rings. The standard InChI is InChI=1S/C27H31N3O4S/c1-20-10-12-22(13-11-20)19-29-16-6-5-9-26(29)28-27(31)23-14-15-24(34-3)25(18-23)35(32,33)30-17-7-4-8-21(30)2/h5-6,9-16,18,21H,4,7-8,17,19H2,1-3H3. The van der Waals surface area contributed by atoms with E-state index in [0.29, 0.717) is 18.6 Å². The largest absolute Gasteiger partial charge is 0.495 e. The molecule has 1 saturated heterocycles. The molecule has 8 heteroatoms. The Bertz CT molecular complexity index is 1380. The molecule has 0 N–H and O–H groups in total. The molecule has 0 spiro atoms. The molecule has 1 unspecified atom stereocenters. The van der Waals surface area contributed by atoms with Crippen LogP contribution < -0.4 is 10.2 Å². The van der Waals surface area contributed by atoms with Crippen LogP contribution in [-0.2, 0) is 16.6 Å². The van der Waals surface area contributed by atoms with Crippen molar-refractivity contribution in [3.63, 3.8) is 0 Å². The molecule has 1 aromatic heterocycles. The molecule has 0 bridgehead atoms. The fourth-order valence-corrected chi connectivity index (χ4v) is 6.21. The van der Waals surface area contributed by atoms with Gasteiger partial charge in [-0.15, -0.1) is 0 Å². The number of piperidine rings is 1. The number of rotatable bonds is 6. The first kappa shape index (κ1) is 24.9. The zero-order valence-corrected chi connectivity index (χ0v) is 21.2. The molecule has 1 amide bonds. The summed E-state index contributed by atoms with van der Waals surface area (Å²) in [5.74, 6) is -0.298. The van der Waals surface area contributed by atoms with E-state index < -0.39 is 15.9 Å². The minimum atomic E-state index is -3.83. The van der Waals surface area contributed by atoms with Crippen LogP contribution >= 0.6 is 0 Å². The Balaban J connectivity index is 1.69. The summed E-state index contributed by atoms with van der Waals surface area (Å²) in [6.45, 7) is 4.96. The lowest BCUT2D eigenvalue weighted by Crippen LogP contribution is -2.42. The Morgan fingerprint density at radius 3 is 2.57 bits per heavy atom. The number of benzene rings is 2. The zero-order valence-electron chi connectivity index (χ0n) is 20.3. The third kappa shape index (κ3) is 5.55. The Morgan fingerprint density at radius 1 is 1.09 bits per heavy atom. The molecule has 0 saturated carbocycles. The number of pyridine rings is 1. The minimum absolute atomic E-state index is 0.00427. The van der Waals surface area contributed by atoms with Gasteiger partial charge in [-0.2, -0.15) is 9.30 Å². The minimum Gasteiger partial charge on any atom is -0.495 e. The highest BCUT2D eigenvalue weighted by Gasteiger charge is 2.33. The molecule has 1 fully saturated rings. The lowest BCUT2D eigenvalue weighted by molar-refractivity contribution is 0.0997. The van der Waals surface area contributed by atoms with Crippen LogP contribution in [0.2, 0.25) is 0 Å². The number of carbonyl (C=O) groups is 1. The van der Waals surface area contributed by atoms with E-state index in [-0.39, 0.29) is 22.3 Å². The average Bonchev–Trinajstić information content (AvgIpc) is 2.86. The molecule has 2 heterocycles. The highest BCUT2D eigenvalue weighted by Crippen LogP contribution is 2.31. The monoisotopic (exact) mass is 493 g/mol. The van der Waals surface area contributed by atoms with Crippen molar-refractivity contribution in [3.05, 3.63) is 89.0 Å². The number of aryl methyl sites for hydroxylation is 1. The molecular weight excluding hydrogens is 462 g/mol. The second-order valence-electron chi connectivity index (χ2n) is 8.92. The van der Waals surface area contributed by atoms with Crippen molar-refractivity contribution in [1.29, 1.82) is 0 Å². The van der Waals surface area contributed by atoms with Gasteiger partial charge in [0.05, 0.1) is 7.11 Å². The number of carbonyl (C=O) groups excluding carboxylic acids is 1. The van der Waals surface area contributed by atoms with E-state index >= 15 is 0 Å². The van der Waals surface area contributed by atoms with Gasteiger partial charge in [-0.1, -0.05) is 42.3 Å². The van der Waals surface area contributed by atoms with Crippen LogP contribution in [0.3, 0.4) is 0 Å². The molecule has 0 radical (unpaired) electrons. The van der Waals surface area contributed by atoms with Gasteiger partial charge in [0.25, 0.3) is 5.91 Å². The first-order valence-corrected chi connectivity index (χ1v) is 13.2. The summed E-state index contributed by atoms with van der Waals surface area (Å²) >= 11 is 0. The first-order valence-electron chi connectivity index (χ1n) is 11.8. The molecular formula is C27H31N3O4S. The van der Waals surface area contributed by atoms with E-state index in [0.717, 1.165) is 24.8 Å². The normalized spacial score (nSPS) is 17.3. The quantitative estimate of drug-likeness (QED) is 0.517. The fourth-order valence-electron chi connectivity index (χ4n) is 4.33. The molecule has 2 aromatic carbocycles. The van der Waals surface area contributed by atoms with Crippen LogP contribution in [0.4, 0.5) is 0 Å². The highest BCUT2D eigenvalue weighted by atomic mass is 32.2. The van der Waals surface area contributed by atoms with Gasteiger partial charge in [0.15, 0.2) is 0 Å². The summed E-state index contributed by atoms with van der Waals surface area (Å²) in [6.07, 6.45) is 4.49. The predicted octanol–water partition coefficient (Wildman–Crippen LogP) is 4.16. The highest BCUT2D eigenvalue weighted by molar-refractivity contribution is 7.89. The van der Waals surface area contributed by atoms with Gasteiger partial charge in [-0.25, -0.2) is 8.42 Å². The second kappa shape index (κ2) is 10.6. The van der Waals surface area contributed by atoms with E-state index in [4.69, 9.17) is 4.74 Å². The maximum atomic E-state index is 13.5. The second-order valence-corrected chi connectivity index (χ2v) is 10.8. The van der Waals surface area contributed by atoms with Gasteiger partial charge < -0.3 is 9.30 Å². The first-order chi connectivity index (χ1) is 16.8. The number of amides is 1. The Kier molecular flexibility index (Phi) is 7.52. The number of aromatic nitrogens is 1. The van der Waals surface area contributed by atoms with Crippen molar-refractivity contribution in [2.45, 2.75) is 50.6 Å². The predicted molar refractivity (Wildman–Crippen MR) is 135 cm³/mol. The third-order valence-corrected chi connectivity index (χ3v) is 8.38. The lowest BCUT2D eigenvalue weighted by atomic mass is 10.1. The van der Waals surface area contributed by atoms with Crippen LogP contribution in [0.5, 0.6) is 5.75 Å². The van der Waals surface area contributed by atoms with Crippen LogP contribution in [0.1, 0.15) is 47.7 Å². The Labute approximate surface area is 206 Å². The summed E-state index contributed by atoms with van der Waals surface area (Å²) < 4.78 is 35.7. The van der Waals surface area contributed by atoms with E-state index in [1.165, 1.54) is 29.1 Å². The molecule has 184 valence electrons. The van der Waals surface area contributed by atoms with Gasteiger partial charge in [0, 0.05) is 30.9 Å². The fraction of sp³-hybridized carbons (Fsp3) is 0.333. The third-order valence-electron chi connectivity index (χ3n) is 6.35. The van der Waals surface area contributed by atoms with Crippen LogP contribution in [0.25, 0.3) is 0 Å². The SMILES string of the molecule is COc1ccc(C(=O)N=c2ccccn2Cc2ccc(C)cc2)cc1S(=O)(=O)N1CCCCC1C. The topological polar surface area (TPSA) is 81.0 Å². The van der Waals surface area contributed by atoms with Gasteiger partial charge in [-0.3, -0.25) is 4.79 Å². The molecule has 1 aliphatic heterocycles. The molecule has 3 aromatic rings. The molecule has 0 aliphatic carbocycles. The number of methoxy groups -OCH3 is 1. The smallest absolute Gasteiger partial charge is 0.278 e. The summed E-state index contributed by atoms with van der Waals surface area (Å²) in [5, 5.41) is 0. The maximum Gasteiger partial charge on any atom is 0.278 e. The van der Waals surface area contributed by atoms with E-state index in [2.05, 4.69) is 4.99 Å². The van der Waals surface area contributed by atoms with Crippen molar-refractivity contribution in [2.75, 3.05) is 13.7 Å². The number of ether oxygens (including phenoxy) is 1. The summed E-state index contributed by atoms with van der Waals surface area (Å²) in [6, 6.07) is 18.0. The van der Waals surface area contributed by atoms with E-state index in [9.17, 15) is 13.2 Å². The molecule has 35 heavy (non-hydrogen) atoms. The Morgan fingerprint density at radius 2 is 1.86 bits per heavy atom. The van der Waals surface area contributed by atoms with Gasteiger partial charge in [0.1, 0.15) is 16.1 Å². The summed E-state index contributed by atoms with van der Waals surface area (Å²) in [7, 11) is -2.40. The van der Waals surface area contributed by atoms with Gasteiger partial charge in [0.2, 0.25) is 10.0 Å². The van der Waals surface area contributed by atoms with E-state index in [1.807, 2.05) is 61.0 Å². The molecule has 7 nitrogen and oxygen atoms in total. The van der Waals surface area contributed by atoms with Crippen molar-refractivity contribution in [1.82, 2.24) is 8.87 Å².